The second kappa shape index (κ2) is 7.34. The Hall–Kier alpha value is -1.28. The zero-order valence-corrected chi connectivity index (χ0v) is 11.2. The molecule has 2 heterocycles. The Morgan fingerprint density at radius 3 is 2.26 bits per heavy atom. The average Bonchev–Trinajstić information content (AvgIpc) is 2.87. The molecule has 19 heavy (non-hydrogen) atoms. The van der Waals surface area contributed by atoms with E-state index in [2.05, 4.69) is 15.1 Å². The highest BCUT2D eigenvalue weighted by atomic mass is 16.7. The van der Waals surface area contributed by atoms with Crippen LogP contribution >= 0.6 is 0 Å². The van der Waals surface area contributed by atoms with Crippen LogP contribution in [0.15, 0.2) is 18.3 Å². The summed E-state index contributed by atoms with van der Waals surface area (Å²) in [5.74, 6) is 0.817. The predicted octanol–water partition coefficient (Wildman–Crippen LogP) is 0.275. The van der Waals surface area contributed by atoms with Crippen molar-refractivity contribution in [2.45, 2.75) is 12.2 Å². The SMILES string of the molecule is COCOC1CN(c2cccnn2)CC1OCOC. The van der Waals surface area contributed by atoms with Crippen LogP contribution < -0.4 is 4.90 Å². The minimum Gasteiger partial charge on any atom is -0.359 e. The zero-order valence-electron chi connectivity index (χ0n) is 11.2. The van der Waals surface area contributed by atoms with Crippen molar-refractivity contribution < 1.29 is 18.9 Å². The number of aromatic nitrogens is 2. The number of methoxy groups -OCH3 is 2. The van der Waals surface area contributed by atoms with Crippen molar-refractivity contribution in [2.24, 2.45) is 0 Å². The first kappa shape index (κ1) is 14.1. The molecule has 106 valence electrons. The maximum Gasteiger partial charge on any atom is 0.151 e. The molecule has 0 amide bonds. The number of hydrogen-bond acceptors (Lipinski definition) is 7. The summed E-state index contributed by atoms with van der Waals surface area (Å²) < 4.78 is 21.1. The lowest BCUT2D eigenvalue weighted by Crippen LogP contribution is -2.31. The van der Waals surface area contributed by atoms with Crippen molar-refractivity contribution in [2.75, 3.05) is 45.8 Å². The second-order valence-corrected chi connectivity index (χ2v) is 4.21. The molecule has 1 aliphatic heterocycles. The third-order valence-corrected chi connectivity index (χ3v) is 2.90. The molecule has 1 aromatic heterocycles. The summed E-state index contributed by atoms with van der Waals surface area (Å²) in [7, 11) is 3.20. The van der Waals surface area contributed by atoms with Gasteiger partial charge in [-0.15, -0.1) is 5.10 Å². The van der Waals surface area contributed by atoms with Gasteiger partial charge in [0.25, 0.3) is 0 Å². The molecule has 0 aromatic carbocycles. The van der Waals surface area contributed by atoms with E-state index in [1.165, 1.54) is 0 Å². The van der Waals surface area contributed by atoms with Crippen molar-refractivity contribution in [3.63, 3.8) is 0 Å². The van der Waals surface area contributed by atoms with Gasteiger partial charge in [-0.3, -0.25) is 0 Å². The summed E-state index contributed by atoms with van der Waals surface area (Å²) in [5.41, 5.74) is 0. The highest BCUT2D eigenvalue weighted by Gasteiger charge is 2.35. The van der Waals surface area contributed by atoms with Crippen molar-refractivity contribution in [1.82, 2.24) is 10.2 Å². The van der Waals surface area contributed by atoms with Gasteiger partial charge in [-0.05, 0) is 12.1 Å². The Morgan fingerprint density at radius 1 is 1.16 bits per heavy atom. The summed E-state index contributed by atoms with van der Waals surface area (Å²) in [6.45, 7) is 1.87. The molecule has 0 spiro atoms. The molecule has 2 rings (SSSR count). The smallest absolute Gasteiger partial charge is 0.151 e. The van der Waals surface area contributed by atoms with Crippen LogP contribution in [-0.2, 0) is 18.9 Å². The van der Waals surface area contributed by atoms with Gasteiger partial charge < -0.3 is 23.8 Å². The topological polar surface area (TPSA) is 65.9 Å². The van der Waals surface area contributed by atoms with Crippen LogP contribution in [0, 0.1) is 0 Å². The Kier molecular flexibility index (Phi) is 5.46. The van der Waals surface area contributed by atoms with E-state index in [9.17, 15) is 0 Å². The highest BCUT2D eigenvalue weighted by molar-refractivity contribution is 5.38. The van der Waals surface area contributed by atoms with Gasteiger partial charge >= 0.3 is 0 Å². The molecule has 0 saturated carbocycles. The Bertz CT molecular complexity index is 349. The zero-order chi connectivity index (χ0) is 13.5. The van der Waals surface area contributed by atoms with Crippen LogP contribution in [0.5, 0.6) is 0 Å². The van der Waals surface area contributed by atoms with Crippen LogP contribution in [0.2, 0.25) is 0 Å². The van der Waals surface area contributed by atoms with Gasteiger partial charge in [-0.25, -0.2) is 0 Å². The van der Waals surface area contributed by atoms with Crippen LogP contribution in [0.3, 0.4) is 0 Å². The number of ether oxygens (including phenoxy) is 4. The Balaban J connectivity index is 1.97. The Morgan fingerprint density at radius 2 is 1.79 bits per heavy atom. The van der Waals surface area contributed by atoms with Gasteiger partial charge in [0, 0.05) is 33.5 Å². The molecule has 1 fully saturated rings. The number of nitrogens with zero attached hydrogens (tertiary/aromatic N) is 3. The van der Waals surface area contributed by atoms with Gasteiger partial charge in [-0.1, -0.05) is 0 Å². The third-order valence-electron chi connectivity index (χ3n) is 2.90. The van der Waals surface area contributed by atoms with Crippen molar-refractivity contribution >= 4 is 5.82 Å². The molecule has 1 saturated heterocycles. The monoisotopic (exact) mass is 269 g/mol. The van der Waals surface area contributed by atoms with Gasteiger partial charge in [0.2, 0.25) is 0 Å². The molecular formula is C12H19N3O4. The lowest BCUT2D eigenvalue weighted by Gasteiger charge is -2.18. The van der Waals surface area contributed by atoms with Gasteiger partial charge in [0.05, 0.1) is 0 Å². The molecule has 2 unspecified atom stereocenters. The molecule has 7 heteroatoms. The van der Waals surface area contributed by atoms with Gasteiger partial charge in [0.1, 0.15) is 25.8 Å². The maximum atomic E-state index is 5.62. The largest absolute Gasteiger partial charge is 0.359 e. The highest BCUT2D eigenvalue weighted by Crippen LogP contribution is 2.21. The van der Waals surface area contributed by atoms with E-state index in [4.69, 9.17) is 18.9 Å². The van der Waals surface area contributed by atoms with E-state index in [1.807, 2.05) is 12.1 Å². The van der Waals surface area contributed by atoms with Crippen LogP contribution in [-0.4, -0.2) is 63.3 Å². The molecule has 0 radical (unpaired) electrons. The summed E-state index contributed by atoms with van der Waals surface area (Å²) in [4.78, 5) is 2.08. The fourth-order valence-electron chi connectivity index (χ4n) is 2.02. The molecule has 1 aliphatic rings. The number of rotatable bonds is 7. The number of anilines is 1. The normalized spacial score (nSPS) is 22.9. The molecule has 0 aliphatic carbocycles. The first-order chi connectivity index (χ1) is 9.35. The van der Waals surface area contributed by atoms with E-state index < -0.39 is 0 Å². The first-order valence-electron chi connectivity index (χ1n) is 6.09. The van der Waals surface area contributed by atoms with Crippen LogP contribution in [0.25, 0.3) is 0 Å². The first-order valence-corrected chi connectivity index (χ1v) is 6.09. The van der Waals surface area contributed by atoms with E-state index in [0.717, 1.165) is 5.82 Å². The van der Waals surface area contributed by atoms with Crippen LogP contribution in [0.4, 0.5) is 5.82 Å². The van der Waals surface area contributed by atoms with Gasteiger partial charge in [0.15, 0.2) is 5.82 Å². The third kappa shape index (κ3) is 3.84. The van der Waals surface area contributed by atoms with E-state index in [0.29, 0.717) is 13.1 Å². The molecule has 7 nitrogen and oxygen atoms in total. The van der Waals surface area contributed by atoms with Crippen molar-refractivity contribution in [3.8, 4) is 0 Å². The molecule has 2 atom stereocenters. The fraction of sp³-hybridized carbons (Fsp3) is 0.667. The van der Waals surface area contributed by atoms with Crippen molar-refractivity contribution in [3.05, 3.63) is 18.3 Å². The number of hydrogen-bond donors (Lipinski definition) is 0. The standard InChI is InChI=1S/C12H19N3O4/c1-16-8-18-10-6-15(7-11(10)19-9-17-2)12-4-3-5-13-14-12/h3-5,10-11H,6-9H2,1-2H3. The average molecular weight is 269 g/mol. The van der Waals surface area contributed by atoms with Crippen molar-refractivity contribution in [1.29, 1.82) is 0 Å². The van der Waals surface area contributed by atoms with E-state index in [-0.39, 0.29) is 25.8 Å². The lowest BCUT2D eigenvalue weighted by atomic mass is 10.2. The minimum absolute atomic E-state index is 0.0721. The molecular weight excluding hydrogens is 250 g/mol. The maximum absolute atomic E-state index is 5.62. The van der Waals surface area contributed by atoms with Crippen LogP contribution in [0.1, 0.15) is 0 Å². The fourth-order valence-corrected chi connectivity index (χ4v) is 2.02. The quantitative estimate of drug-likeness (QED) is 0.658. The Labute approximate surface area is 112 Å². The lowest BCUT2D eigenvalue weighted by molar-refractivity contribution is -0.139. The van der Waals surface area contributed by atoms with E-state index in [1.54, 1.807) is 20.4 Å². The summed E-state index contributed by atoms with van der Waals surface area (Å²) in [6.07, 6.45) is 1.51. The van der Waals surface area contributed by atoms with Gasteiger partial charge in [-0.2, -0.15) is 5.10 Å². The summed E-state index contributed by atoms with van der Waals surface area (Å²) in [5, 5.41) is 7.97. The summed E-state index contributed by atoms with van der Waals surface area (Å²) >= 11 is 0. The minimum atomic E-state index is -0.0721. The van der Waals surface area contributed by atoms with E-state index >= 15 is 0 Å². The molecule has 0 N–H and O–H groups in total. The second-order valence-electron chi connectivity index (χ2n) is 4.21. The predicted molar refractivity (Wildman–Crippen MR) is 67.7 cm³/mol. The molecule has 1 aromatic rings. The summed E-state index contributed by atoms with van der Waals surface area (Å²) in [6, 6.07) is 3.77. The molecule has 0 bridgehead atoms.